The van der Waals surface area contributed by atoms with Crippen molar-refractivity contribution in [1.29, 1.82) is 0 Å². The second kappa shape index (κ2) is 9.33. The molecular formula is C19H15N2NaO4. The van der Waals surface area contributed by atoms with Gasteiger partial charge in [-0.1, -0.05) is 18.2 Å². The van der Waals surface area contributed by atoms with Gasteiger partial charge in [0, 0.05) is 29.7 Å². The van der Waals surface area contributed by atoms with Gasteiger partial charge in [-0.3, -0.25) is 9.78 Å². The fourth-order valence-electron chi connectivity index (χ4n) is 2.33. The smallest absolute Gasteiger partial charge is 0.550 e. The van der Waals surface area contributed by atoms with Gasteiger partial charge in [-0.15, -0.1) is 0 Å². The van der Waals surface area contributed by atoms with Gasteiger partial charge in [-0.05, 0) is 42.8 Å². The maximum Gasteiger partial charge on any atom is 1.00 e. The van der Waals surface area contributed by atoms with Crippen molar-refractivity contribution in [2.75, 3.05) is 5.32 Å². The molecule has 6 nitrogen and oxygen atoms in total. The van der Waals surface area contributed by atoms with Crippen LogP contribution in [0.25, 0.3) is 10.9 Å². The number of carboxylic acids is 1. The van der Waals surface area contributed by atoms with Crippen molar-refractivity contribution in [3.63, 3.8) is 0 Å². The zero-order valence-electron chi connectivity index (χ0n) is 14.3. The molecule has 2 aromatic carbocycles. The third kappa shape index (κ3) is 5.29. The maximum atomic E-state index is 11.6. The number of anilines is 1. The average Bonchev–Trinajstić information content (AvgIpc) is 2.62. The molecule has 0 saturated heterocycles. The average molecular weight is 358 g/mol. The number of hydrogen-bond donors (Lipinski definition) is 1. The van der Waals surface area contributed by atoms with E-state index in [0.717, 1.165) is 10.9 Å². The number of hydrogen-bond acceptors (Lipinski definition) is 5. The number of carboxylic acid groups (broad SMARTS) is 1. The van der Waals surface area contributed by atoms with Crippen LogP contribution < -0.4 is 44.7 Å². The number of ether oxygens (including phenoxy) is 1. The molecule has 0 aliphatic heterocycles. The number of amides is 1. The van der Waals surface area contributed by atoms with Crippen LogP contribution in [0.3, 0.4) is 0 Å². The van der Waals surface area contributed by atoms with Crippen LogP contribution in [-0.2, 0) is 9.59 Å². The van der Waals surface area contributed by atoms with E-state index in [1.54, 1.807) is 30.5 Å². The Morgan fingerprint density at radius 1 is 1.00 bits per heavy atom. The molecule has 0 atom stereocenters. The monoisotopic (exact) mass is 358 g/mol. The molecule has 1 heterocycles. The molecule has 126 valence electrons. The van der Waals surface area contributed by atoms with Crippen molar-refractivity contribution in [3.8, 4) is 11.5 Å². The van der Waals surface area contributed by atoms with Crippen molar-refractivity contribution in [2.24, 2.45) is 0 Å². The van der Waals surface area contributed by atoms with E-state index in [2.05, 4.69) is 10.3 Å². The van der Waals surface area contributed by atoms with E-state index in [1.165, 1.54) is 0 Å². The molecule has 0 unspecified atom stereocenters. The molecule has 0 fully saturated rings. The Balaban J connectivity index is 0.00000243. The first-order valence-electron chi connectivity index (χ1n) is 7.73. The van der Waals surface area contributed by atoms with Gasteiger partial charge in [-0.2, -0.15) is 0 Å². The number of carbonyl (C=O) groups excluding carboxylic acids is 2. The minimum Gasteiger partial charge on any atom is -0.550 e. The zero-order chi connectivity index (χ0) is 17.6. The molecular weight excluding hydrogens is 343 g/mol. The van der Waals surface area contributed by atoms with Crippen molar-refractivity contribution in [1.82, 2.24) is 4.98 Å². The topological polar surface area (TPSA) is 91.3 Å². The van der Waals surface area contributed by atoms with Crippen molar-refractivity contribution in [3.05, 3.63) is 60.8 Å². The SMILES string of the molecule is O=C([O-])CCC(=O)Nc1ccc(Oc2cccc3cccnc23)cc1.[Na+]. The normalized spacial score (nSPS) is 10.0. The second-order valence-corrected chi connectivity index (χ2v) is 5.38. The summed E-state index contributed by atoms with van der Waals surface area (Å²) >= 11 is 0. The Morgan fingerprint density at radius 2 is 1.73 bits per heavy atom. The van der Waals surface area contributed by atoms with Gasteiger partial charge in [0.25, 0.3) is 0 Å². The number of pyridine rings is 1. The summed E-state index contributed by atoms with van der Waals surface area (Å²) in [7, 11) is 0. The number of nitrogens with one attached hydrogen (secondary N) is 1. The van der Waals surface area contributed by atoms with Gasteiger partial charge in [0.2, 0.25) is 5.91 Å². The first-order chi connectivity index (χ1) is 12.1. The third-order valence-corrected chi connectivity index (χ3v) is 3.52. The molecule has 26 heavy (non-hydrogen) atoms. The minimum absolute atomic E-state index is 0. The summed E-state index contributed by atoms with van der Waals surface area (Å²) in [5.74, 6) is -0.381. The largest absolute Gasteiger partial charge is 1.00 e. The summed E-state index contributed by atoms with van der Waals surface area (Å²) < 4.78 is 5.87. The Kier molecular flexibility index (Phi) is 7.15. The Bertz CT molecular complexity index is 908. The fourth-order valence-corrected chi connectivity index (χ4v) is 2.33. The molecule has 1 amide bonds. The number of aliphatic carboxylic acids is 1. The summed E-state index contributed by atoms with van der Waals surface area (Å²) in [4.78, 5) is 26.3. The number of aromatic nitrogens is 1. The van der Waals surface area contributed by atoms with Gasteiger partial charge in [-0.25, -0.2) is 0 Å². The predicted molar refractivity (Wildman–Crippen MR) is 91.1 cm³/mol. The molecule has 3 rings (SSSR count). The number of carbonyl (C=O) groups is 2. The van der Waals surface area contributed by atoms with Gasteiger partial charge in [0.1, 0.15) is 11.3 Å². The van der Waals surface area contributed by atoms with E-state index in [9.17, 15) is 14.7 Å². The molecule has 0 aliphatic carbocycles. The first-order valence-corrected chi connectivity index (χ1v) is 7.73. The van der Waals surface area contributed by atoms with Crippen LogP contribution in [0.15, 0.2) is 60.8 Å². The number of nitrogens with zero attached hydrogens (tertiary/aromatic N) is 1. The Morgan fingerprint density at radius 3 is 2.46 bits per heavy atom. The molecule has 0 radical (unpaired) electrons. The van der Waals surface area contributed by atoms with Crippen molar-refractivity contribution in [2.45, 2.75) is 12.8 Å². The molecule has 0 spiro atoms. The van der Waals surface area contributed by atoms with Crippen LogP contribution >= 0.6 is 0 Å². The number of benzene rings is 2. The maximum absolute atomic E-state index is 11.6. The Hall–Kier alpha value is -2.41. The van der Waals surface area contributed by atoms with Gasteiger partial charge >= 0.3 is 29.6 Å². The van der Waals surface area contributed by atoms with Gasteiger partial charge in [0.15, 0.2) is 5.75 Å². The third-order valence-electron chi connectivity index (χ3n) is 3.52. The standard InChI is InChI=1S/C19H16N2O4.Na/c22-17(10-11-18(23)24)21-14-6-8-15(9-7-14)25-16-5-1-3-13-4-2-12-20-19(13)16;/h1-9,12H,10-11H2,(H,21,22)(H,23,24);/q;+1/p-1. The number of rotatable bonds is 6. The van der Waals surface area contributed by atoms with E-state index >= 15 is 0 Å². The van der Waals surface area contributed by atoms with Crippen molar-refractivity contribution < 1.29 is 49.0 Å². The summed E-state index contributed by atoms with van der Waals surface area (Å²) in [5, 5.41) is 14.0. The minimum atomic E-state index is -1.25. The zero-order valence-corrected chi connectivity index (χ0v) is 16.3. The van der Waals surface area contributed by atoms with Gasteiger partial charge in [0.05, 0.1) is 0 Å². The summed E-state index contributed by atoms with van der Waals surface area (Å²) in [5.41, 5.74) is 1.33. The molecule has 1 aromatic heterocycles. The van der Waals surface area contributed by atoms with Crippen LogP contribution in [0.1, 0.15) is 12.8 Å². The van der Waals surface area contributed by atoms with Crippen LogP contribution in [-0.4, -0.2) is 16.9 Å². The van der Waals surface area contributed by atoms with Crippen molar-refractivity contribution >= 4 is 28.5 Å². The first kappa shape index (κ1) is 19.9. The molecule has 7 heteroatoms. The molecule has 0 aliphatic rings. The van der Waals surface area contributed by atoms with E-state index < -0.39 is 5.97 Å². The molecule has 3 aromatic rings. The van der Waals surface area contributed by atoms with Crippen LogP contribution in [0.4, 0.5) is 5.69 Å². The molecule has 0 bridgehead atoms. The quantitative estimate of drug-likeness (QED) is 0.600. The van der Waals surface area contributed by atoms with Gasteiger partial charge < -0.3 is 20.0 Å². The van der Waals surface area contributed by atoms with E-state index in [-0.39, 0.29) is 48.3 Å². The van der Waals surface area contributed by atoms with Crippen LogP contribution in [0.2, 0.25) is 0 Å². The predicted octanol–water partition coefficient (Wildman–Crippen LogP) is -0.500. The number of fused-ring (bicyclic) bond motifs is 1. The van der Waals surface area contributed by atoms with Crippen LogP contribution in [0, 0.1) is 0 Å². The fraction of sp³-hybridized carbons (Fsp3) is 0.105. The Labute approximate surface area is 172 Å². The summed E-state index contributed by atoms with van der Waals surface area (Å²) in [6.45, 7) is 0. The molecule has 0 saturated carbocycles. The van der Waals surface area contributed by atoms with E-state index in [0.29, 0.717) is 17.2 Å². The summed E-state index contributed by atoms with van der Waals surface area (Å²) in [6.07, 6.45) is 1.28. The van der Waals surface area contributed by atoms with Crippen LogP contribution in [0.5, 0.6) is 11.5 Å². The molecule has 1 N–H and O–H groups in total. The van der Waals surface area contributed by atoms with E-state index in [4.69, 9.17) is 4.74 Å². The second-order valence-electron chi connectivity index (χ2n) is 5.38. The van der Waals surface area contributed by atoms with E-state index in [1.807, 2.05) is 30.3 Å². The summed E-state index contributed by atoms with van der Waals surface area (Å²) in [6, 6.07) is 16.3. The number of para-hydroxylation sites is 1.